The molecule has 0 bridgehead atoms. The van der Waals surface area contributed by atoms with E-state index in [0.717, 1.165) is 24.4 Å². The van der Waals surface area contributed by atoms with Crippen molar-refractivity contribution in [1.29, 1.82) is 0 Å². The number of carbonyl (C=O) groups is 1. The first-order valence-corrected chi connectivity index (χ1v) is 7.16. The lowest BCUT2D eigenvalue weighted by atomic mass is 10.3. The molecule has 1 N–H and O–H groups in total. The molecule has 0 spiro atoms. The summed E-state index contributed by atoms with van der Waals surface area (Å²) in [5, 5.41) is 3.42. The first-order chi connectivity index (χ1) is 9.65. The molecule has 0 radical (unpaired) electrons. The highest BCUT2D eigenvalue weighted by Crippen LogP contribution is 2.19. The van der Waals surface area contributed by atoms with Crippen molar-refractivity contribution in [2.75, 3.05) is 20.7 Å². The second-order valence-electron chi connectivity index (χ2n) is 5.38. The highest BCUT2D eigenvalue weighted by molar-refractivity contribution is 5.75. The highest BCUT2D eigenvalue weighted by atomic mass is 16.5. The Morgan fingerprint density at radius 3 is 2.85 bits per heavy atom. The fourth-order valence-electron chi connectivity index (χ4n) is 1.77. The number of nitrogens with one attached hydrogen (secondary N) is 1. The molecule has 1 saturated carbocycles. The van der Waals surface area contributed by atoms with Crippen molar-refractivity contribution in [3.8, 4) is 5.75 Å². The molecule has 0 aromatic carbocycles. The van der Waals surface area contributed by atoms with Crippen LogP contribution in [0.2, 0.25) is 0 Å². The third-order valence-electron chi connectivity index (χ3n) is 3.25. The van der Waals surface area contributed by atoms with Gasteiger partial charge in [-0.05, 0) is 31.4 Å². The second-order valence-corrected chi connectivity index (χ2v) is 5.38. The van der Waals surface area contributed by atoms with E-state index in [0.29, 0.717) is 19.1 Å². The Morgan fingerprint density at radius 2 is 2.25 bits per heavy atom. The number of rotatable bonds is 8. The predicted octanol–water partition coefficient (Wildman–Crippen LogP) is 1.58. The maximum absolute atomic E-state index is 11.4. The van der Waals surface area contributed by atoms with Gasteiger partial charge in [-0.3, -0.25) is 9.78 Å². The summed E-state index contributed by atoms with van der Waals surface area (Å²) in [6.07, 6.45) is 5.56. The van der Waals surface area contributed by atoms with Gasteiger partial charge in [0.1, 0.15) is 5.75 Å². The molecule has 0 atom stereocenters. The second kappa shape index (κ2) is 7.24. The summed E-state index contributed by atoms with van der Waals surface area (Å²) in [5.74, 6) is 0.894. The molecule has 20 heavy (non-hydrogen) atoms. The molecule has 0 aliphatic heterocycles. The smallest absolute Gasteiger partial charge is 0.222 e. The van der Waals surface area contributed by atoms with E-state index in [2.05, 4.69) is 10.3 Å². The topological polar surface area (TPSA) is 54.5 Å². The van der Waals surface area contributed by atoms with Crippen molar-refractivity contribution in [3.63, 3.8) is 0 Å². The van der Waals surface area contributed by atoms with Crippen molar-refractivity contribution in [1.82, 2.24) is 15.2 Å². The molecular formula is C15H23N3O2. The van der Waals surface area contributed by atoms with Crippen LogP contribution in [-0.2, 0) is 11.3 Å². The number of ether oxygens (including phenoxy) is 1. The van der Waals surface area contributed by atoms with Crippen molar-refractivity contribution in [3.05, 3.63) is 24.0 Å². The summed E-state index contributed by atoms with van der Waals surface area (Å²) >= 11 is 0. The van der Waals surface area contributed by atoms with Crippen LogP contribution in [0.25, 0.3) is 0 Å². The summed E-state index contributed by atoms with van der Waals surface area (Å²) in [6, 6.07) is 4.61. The Bertz CT molecular complexity index is 427. The molecule has 5 nitrogen and oxygen atoms in total. The fraction of sp³-hybridized carbons (Fsp3) is 0.600. The van der Waals surface area contributed by atoms with Gasteiger partial charge in [0.2, 0.25) is 5.91 Å². The minimum absolute atomic E-state index is 0.133. The highest BCUT2D eigenvalue weighted by Gasteiger charge is 2.19. The number of pyridine rings is 1. The van der Waals surface area contributed by atoms with Gasteiger partial charge >= 0.3 is 0 Å². The molecule has 1 aliphatic rings. The van der Waals surface area contributed by atoms with Gasteiger partial charge in [0, 0.05) is 33.1 Å². The van der Waals surface area contributed by atoms with Gasteiger partial charge in [0.25, 0.3) is 0 Å². The average molecular weight is 277 g/mol. The molecule has 2 rings (SSSR count). The molecule has 110 valence electrons. The summed E-state index contributed by atoms with van der Waals surface area (Å²) in [5.41, 5.74) is 1.03. The fourth-order valence-corrected chi connectivity index (χ4v) is 1.77. The summed E-state index contributed by atoms with van der Waals surface area (Å²) in [6.45, 7) is 1.36. The zero-order valence-corrected chi connectivity index (χ0v) is 12.3. The average Bonchev–Trinajstić information content (AvgIpc) is 3.26. The van der Waals surface area contributed by atoms with Crippen LogP contribution in [0.15, 0.2) is 18.3 Å². The molecule has 5 heteroatoms. The number of amides is 1. The summed E-state index contributed by atoms with van der Waals surface area (Å²) < 4.78 is 5.58. The molecule has 1 aliphatic carbocycles. The van der Waals surface area contributed by atoms with Crippen LogP contribution in [0.4, 0.5) is 0 Å². The van der Waals surface area contributed by atoms with E-state index in [1.807, 2.05) is 12.1 Å². The molecule has 1 heterocycles. The van der Waals surface area contributed by atoms with Crippen LogP contribution < -0.4 is 10.1 Å². The van der Waals surface area contributed by atoms with Gasteiger partial charge in [0.05, 0.1) is 18.5 Å². The van der Waals surface area contributed by atoms with Crippen LogP contribution in [0.3, 0.4) is 0 Å². The summed E-state index contributed by atoms with van der Waals surface area (Å²) in [7, 11) is 3.53. The largest absolute Gasteiger partial charge is 0.492 e. The molecule has 0 saturated heterocycles. The van der Waals surface area contributed by atoms with Crippen LogP contribution >= 0.6 is 0 Å². The number of hydrogen-bond donors (Lipinski definition) is 1. The normalized spacial score (nSPS) is 14.1. The lowest BCUT2D eigenvalue weighted by Gasteiger charge is -2.10. The van der Waals surface area contributed by atoms with E-state index in [-0.39, 0.29) is 5.91 Å². The van der Waals surface area contributed by atoms with Gasteiger partial charge in [-0.1, -0.05) is 0 Å². The monoisotopic (exact) mass is 277 g/mol. The van der Waals surface area contributed by atoms with E-state index in [4.69, 9.17) is 4.74 Å². The maximum Gasteiger partial charge on any atom is 0.222 e. The zero-order chi connectivity index (χ0) is 14.4. The van der Waals surface area contributed by atoms with Crippen LogP contribution in [0.1, 0.15) is 31.4 Å². The van der Waals surface area contributed by atoms with Gasteiger partial charge in [-0.25, -0.2) is 0 Å². The number of nitrogens with zero attached hydrogens (tertiary/aromatic N) is 2. The molecule has 1 aromatic heterocycles. The van der Waals surface area contributed by atoms with Crippen LogP contribution in [0.5, 0.6) is 5.75 Å². The molecule has 0 unspecified atom stereocenters. The Morgan fingerprint density at radius 1 is 1.45 bits per heavy atom. The van der Waals surface area contributed by atoms with Crippen LogP contribution in [-0.4, -0.2) is 42.5 Å². The van der Waals surface area contributed by atoms with Crippen molar-refractivity contribution >= 4 is 5.91 Å². The lowest BCUT2D eigenvalue weighted by molar-refractivity contribution is -0.128. The van der Waals surface area contributed by atoms with Gasteiger partial charge < -0.3 is 15.0 Å². The first kappa shape index (κ1) is 14.8. The third-order valence-corrected chi connectivity index (χ3v) is 3.25. The van der Waals surface area contributed by atoms with Gasteiger partial charge in [-0.15, -0.1) is 0 Å². The van der Waals surface area contributed by atoms with E-state index < -0.39 is 0 Å². The van der Waals surface area contributed by atoms with E-state index in [9.17, 15) is 4.79 Å². The molecule has 1 aromatic rings. The minimum atomic E-state index is 0.133. The predicted molar refractivity (Wildman–Crippen MR) is 77.5 cm³/mol. The first-order valence-electron chi connectivity index (χ1n) is 7.16. The van der Waals surface area contributed by atoms with Crippen molar-refractivity contribution in [2.45, 2.75) is 38.3 Å². The lowest BCUT2D eigenvalue weighted by Crippen LogP contribution is -2.21. The Hall–Kier alpha value is -1.62. The van der Waals surface area contributed by atoms with E-state index >= 15 is 0 Å². The van der Waals surface area contributed by atoms with E-state index in [1.165, 1.54) is 12.8 Å². The Balaban J connectivity index is 1.64. The van der Waals surface area contributed by atoms with Gasteiger partial charge in [-0.2, -0.15) is 0 Å². The van der Waals surface area contributed by atoms with E-state index in [1.54, 1.807) is 25.2 Å². The van der Waals surface area contributed by atoms with Crippen LogP contribution in [0, 0.1) is 0 Å². The zero-order valence-electron chi connectivity index (χ0n) is 12.3. The Labute approximate surface area is 120 Å². The standard InChI is InChI=1S/C15H23N3O2/c1-18(2)15(19)4-3-9-20-14-8-7-13(17-11-14)10-16-12-5-6-12/h7-8,11-12,16H,3-6,9-10H2,1-2H3. The summed E-state index contributed by atoms with van der Waals surface area (Å²) in [4.78, 5) is 17.3. The molecule has 1 fully saturated rings. The Kier molecular flexibility index (Phi) is 5.35. The third kappa shape index (κ3) is 5.17. The molecule has 1 amide bonds. The number of carbonyl (C=O) groups excluding carboxylic acids is 1. The van der Waals surface area contributed by atoms with Crippen molar-refractivity contribution < 1.29 is 9.53 Å². The number of hydrogen-bond acceptors (Lipinski definition) is 4. The number of aromatic nitrogens is 1. The van der Waals surface area contributed by atoms with Crippen molar-refractivity contribution in [2.24, 2.45) is 0 Å². The van der Waals surface area contributed by atoms with Gasteiger partial charge in [0.15, 0.2) is 0 Å². The quantitative estimate of drug-likeness (QED) is 0.733. The minimum Gasteiger partial charge on any atom is -0.492 e. The molecular weight excluding hydrogens is 254 g/mol. The maximum atomic E-state index is 11.4. The SMILES string of the molecule is CN(C)C(=O)CCCOc1ccc(CNC2CC2)nc1.